The Morgan fingerprint density at radius 1 is 1.35 bits per heavy atom. The molecule has 0 radical (unpaired) electrons. The molecule has 0 spiro atoms. The van der Waals surface area contributed by atoms with Gasteiger partial charge in [-0.15, -0.1) is 0 Å². The van der Waals surface area contributed by atoms with Crippen molar-refractivity contribution in [1.82, 2.24) is 10.3 Å². The zero-order chi connectivity index (χ0) is 17.0. The van der Waals surface area contributed by atoms with E-state index in [1.165, 1.54) is 6.07 Å². The molecule has 1 atom stereocenters. The van der Waals surface area contributed by atoms with Gasteiger partial charge in [-0.1, -0.05) is 19.8 Å². The van der Waals surface area contributed by atoms with Crippen LogP contribution in [0.15, 0.2) is 10.9 Å². The predicted molar refractivity (Wildman–Crippen MR) is 82.7 cm³/mol. The monoisotopic (exact) mass is 320 g/mol. The lowest BCUT2D eigenvalue weighted by atomic mass is 9.93. The Morgan fingerprint density at radius 3 is 2.74 bits per heavy atom. The second kappa shape index (κ2) is 7.21. The van der Waals surface area contributed by atoms with E-state index in [1.807, 2.05) is 6.92 Å². The van der Waals surface area contributed by atoms with Gasteiger partial charge >= 0.3 is 5.97 Å². The first-order valence-electron chi connectivity index (χ1n) is 7.77. The summed E-state index contributed by atoms with van der Waals surface area (Å²) in [6.07, 6.45) is 3.38. The number of aliphatic carboxylic acids is 1. The van der Waals surface area contributed by atoms with Crippen LogP contribution in [-0.2, 0) is 11.2 Å². The molecule has 0 saturated carbocycles. The van der Waals surface area contributed by atoms with Crippen molar-refractivity contribution in [3.63, 3.8) is 0 Å². The topological polar surface area (TPSA) is 116 Å². The number of aromatic nitrogens is 1. The number of carbonyl (C=O) groups excluding carboxylic acids is 2. The van der Waals surface area contributed by atoms with Crippen LogP contribution in [-0.4, -0.2) is 33.8 Å². The van der Waals surface area contributed by atoms with Crippen LogP contribution in [0.5, 0.6) is 0 Å². The quantitative estimate of drug-likeness (QED) is 0.730. The first-order valence-corrected chi connectivity index (χ1v) is 7.77. The Kier molecular flexibility index (Phi) is 5.31. The number of aryl methyl sites for hydroxylation is 1. The fourth-order valence-corrected chi connectivity index (χ4v) is 2.65. The van der Waals surface area contributed by atoms with Gasteiger partial charge in [0, 0.05) is 17.7 Å². The van der Waals surface area contributed by atoms with Gasteiger partial charge < -0.3 is 15.4 Å². The van der Waals surface area contributed by atoms with E-state index in [1.54, 1.807) is 0 Å². The summed E-state index contributed by atoms with van der Waals surface area (Å²) in [6, 6.07) is 0.234. The average molecular weight is 320 g/mol. The van der Waals surface area contributed by atoms with E-state index in [2.05, 4.69) is 10.3 Å². The van der Waals surface area contributed by atoms with Gasteiger partial charge in [-0.3, -0.25) is 14.4 Å². The van der Waals surface area contributed by atoms with Crippen molar-refractivity contribution in [2.75, 3.05) is 0 Å². The van der Waals surface area contributed by atoms with Gasteiger partial charge in [0.15, 0.2) is 5.78 Å². The Labute approximate surface area is 133 Å². The molecular formula is C16H20N2O5. The summed E-state index contributed by atoms with van der Waals surface area (Å²) in [4.78, 5) is 49.9. The van der Waals surface area contributed by atoms with Crippen molar-refractivity contribution in [3.8, 4) is 0 Å². The van der Waals surface area contributed by atoms with E-state index >= 15 is 0 Å². The van der Waals surface area contributed by atoms with Crippen molar-refractivity contribution in [2.45, 2.75) is 51.5 Å². The molecule has 1 heterocycles. The van der Waals surface area contributed by atoms with Gasteiger partial charge in [-0.2, -0.15) is 0 Å². The first-order chi connectivity index (χ1) is 10.9. The third-order valence-corrected chi connectivity index (χ3v) is 3.95. The van der Waals surface area contributed by atoms with E-state index in [0.29, 0.717) is 43.4 Å². The predicted octanol–water partition coefficient (Wildman–Crippen LogP) is 1.27. The van der Waals surface area contributed by atoms with Crippen molar-refractivity contribution < 1.29 is 19.5 Å². The molecule has 1 aromatic heterocycles. The maximum Gasteiger partial charge on any atom is 0.326 e. The number of carbonyl (C=O) groups is 3. The number of fused-ring (bicyclic) bond motifs is 1. The average Bonchev–Trinajstić information content (AvgIpc) is 2.50. The van der Waals surface area contributed by atoms with Crippen LogP contribution in [0.4, 0.5) is 0 Å². The molecule has 1 aliphatic rings. The Balaban J connectivity index is 2.25. The molecule has 7 nitrogen and oxygen atoms in total. The number of Topliss-reactive ketones (excluding diaryl/α,β-unsaturated/α-hetero) is 1. The summed E-state index contributed by atoms with van der Waals surface area (Å²) in [5.74, 6) is -2.02. The third kappa shape index (κ3) is 3.85. The second-order valence-corrected chi connectivity index (χ2v) is 5.69. The largest absolute Gasteiger partial charge is 0.480 e. The number of H-pyrrole nitrogens is 1. The Bertz CT molecular complexity index is 692. The van der Waals surface area contributed by atoms with E-state index in [0.717, 1.165) is 6.42 Å². The number of carboxylic acid groups (broad SMARTS) is 1. The van der Waals surface area contributed by atoms with Crippen molar-refractivity contribution in [1.29, 1.82) is 0 Å². The SMILES string of the molecule is CCCC[C@H](NC(=O)c1cc2c([nH]c1=O)CCCC2=O)C(=O)O. The van der Waals surface area contributed by atoms with Crippen molar-refractivity contribution in [2.24, 2.45) is 0 Å². The molecule has 0 bridgehead atoms. The molecule has 2 rings (SSSR count). The molecule has 0 unspecified atom stereocenters. The van der Waals surface area contributed by atoms with Gasteiger partial charge in [-0.05, 0) is 25.3 Å². The minimum atomic E-state index is -1.14. The Hall–Kier alpha value is -2.44. The van der Waals surface area contributed by atoms with Crippen molar-refractivity contribution in [3.05, 3.63) is 33.2 Å². The molecule has 7 heteroatoms. The molecule has 0 fully saturated rings. The summed E-state index contributed by atoms with van der Waals surface area (Å²) >= 11 is 0. The lowest BCUT2D eigenvalue weighted by Crippen LogP contribution is -2.42. The zero-order valence-corrected chi connectivity index (χ0v) is 13.0. The Morgan fingerprint density at radius 2 is 2.09 bits per heavy atom. The number of ketones is 1. The summed E-state index contributed by atoms with van der Waals surface area (Å²) in [5, 5.41) is 11.5. The standard InChI is InChI=1S/C16H20N2O5/c1-2-3-5-12(16(22)23)18-15(21)10-8-9-11(17-14(10)20)6-4-7-13(9)19/h8,12H,2-7H2,1H3,(H,17,20)(H,18,21)(H,22,23)/t12-/m0/s1. The number of rotatable bonds is 6. The van der Waals surface area contributed by atoms with Gasteiger partial charge in [0.1, 0.15) is 11.6 Å². The van der Waals surface area contributed by atoms with Crippen LogP contribution in [0.3, 0.4) is 0 Å². The van der Waals surface area contributed by atoms with Gasteiger partial charge in [0.2, 0.25) is 0 Å². The lowest BCUT2D eigenvalue weighted by Gasteiger charge is -2.17. The van der Waals surface area contributed by atoms with Gasteiger partial charge in [-0.25, -0.2) is 4.79 Å². The van der Waals surface area contributed by atoms with Crippen LogP contribution in [0.1, 0.15) is 65.4 Å². The molecule has 1 aromatic rings. The number of nitrogens with one attached hydrogen (secondary N) is 2. The van der Waals surface area contributed by atoms with Crippen LogP contribution < -0.4 is 10.9 Å². The van der Waals surface area contributed by atoms with E-state index < -0.39 is 23.5 Å². The molecule has 3 N–H and O–H groups in total. The molecule has 124 valence electrons. The molecular weight excluding hydrogens is 300 g/mol. The minimum absolute atomic E-state index is 0.114. The van der Waals surface area contributed by atoms with E-state index in [9.17, 15) is 19.2 Å². The fraction of sp³-hybridized carbons (Fsp3) is 0.500. The number of hydrogen-bond donors (Lipinski definition) is 3. The van der Waals surface area contributed by atoms with Crippen molar-refractivity contribution >= 4 is 17.7 Å². The highest BCUT2D eigenvalue weighted by atomic mass is 16.4. The number of carboxylic acids is 1. The number of hydrogen-bond acceptors (Lipinski definition) is 4. The van der Waals surface area contributed by atoms with Crippen LogP contribution in [0.25, 0.3) is 0 Å². The number of unbranched alkanes of at least 4 members (excludes halogenated alkanes) is 1. The maximum atomic E-state index is 12.2. The van der Waals surface area contributed by atoms with Crippen LogP contribution >= 0.6 is 0 Å². The zero-order valence-electron chi connectivity index (χ0n) is 13.0. The van der Waals surface area contributed by atoms with Gasteiger partial charge in [0.05, 0.1) is 0 Å². The molecule has 0 aromatic carbocycles. The minimum Gasteiger partial charge on any atom is -0.480 e. The smallest absolute Gasteiger partial charge is 0.326 e. The molecule has 23 heavy (non-hydrogen) atoms. The summed E-state index contributed by atoms with van der Waals surface area (Å²) in [5.41, 5.74) is 0.0716. The second-order valence-electron chi connectivity index (χ2n) is 5.69. The molecule has 1 aliphatic carbocycles. The van der Waals surface area contributed by atoms with Gasteiger partial charge in [0.25, 0.3) is 11.5 Å². The molecule has 0 saturated heterocycles. The fourth-order valence-electron chi connectivity index (χ4n) is 2.65. The molecule has 1 amide bonds. The van der Waals surface area contributed by atoms with E-state index in [4.69, 9.17) is 5.11 Å². The third-order valence-electron chi connectivity index (χ3n) is 3.95. The van der Waals surface area contributed by atoms with Crippen LogP contribution in [0, 0.1) is 0 Å². The number of aromatic amines is 1. The summed E-state index contributed by atoms with van der Waals surface area (Å²) in [6.45, 7) is 1.92. The summed E-state index contributed by atoms with van der Waals surface area (Å²) in [7, 11) is 0. The number of pyridine rings is 1. The number of amides is 1. The van der Waals surface area contributed by atoms with Crippen LogP contribution in [0.2, 0.25) is 0 Å². The first kappa shape index (κ1) is 16.9. The molecule has 0 aliphatic heterocycles. The van der Waals surface area contributed by atoms with E-state index in [-0.39, 0.29) is 11.3 Å². The normalized spacial score (nSPS) is 14.9. The highest BCUT2D eigenvalue weighted by Crippen LogP contribution is 2.18. The maximum absolute atomic E-state index is 12.2. The highest BCUT2D eigenvalue weighted by molar-refractivity contribution is 6.02. The lowest BCUT2D eigenvalue weighted by molar-refractivity contribution is -0.139. The summed E-state index contributed by atoms with van der Waals surface area (Å²) < 4.78 is 0. The highest BCUT2D eigenvalue weighted by Gasteiger charge is 2.25.